The average Bonchev–Trinajstić information content (AvgIpc) is 3.29. The molecule has 4 rings (SSSR count). The summed E-state index contributed by atoms with van der Waals surface area (Å²) in [7, 11) is 0. The van der Waals surface area contributed by atoms with Gasteiger partial charge in [-0.1, -0.05) is 30.2 Å². The Labute approximate surface area is 157 Å². The first-order valence-corrected chi connectivity index (χ1v) is 9.22. The highest BCUT2D eigenvalue weighted by Gasteiger charge is 2.25. The number of nitrogens with zero attached hydrogens (tertiary/aromatic N) is 2. The van der Waals surface area contributed by atoms with Gasteiger partial charge in [0, 0.05) is 30.1 Å². The van der Waals surface area contributed by atoms with Crippen molar-refractivity contribution in [2.75, 3.05) is 13.1 Å². The standard InChI is InChI=1S/C20H20ClN3O2/c21-16-8-6-14(7-9-16)15-4-1-2-10-24(13-15)20(25)18-12-17(22-23-18)19-5-3-11-26-19/h3,5-9,11-12,15H,1-2,4,10,13H2,(H,22,23). The summed E-state index contributed by atoms with van der Waals surface area (Å²) in [6, 6.07) is 13.3. The van der Waals surface area contributed by atoms with Crippen LogP contribution < -0.4 is 0 Å². The Kier molecular flexibility index (Phi) is 4.80. The molecular formula is C20H20ClN3O2. The molecule has 0 spiro atoms. The highest BCUT2D eigenvalue weighted by Crippen LogP contribution is 2.28. The zero-order chi connectivity index (χ0) is 17.9. The molecule has 1 amide bonds. The first-order valence-electron chi connectivity index (χ1n) is 8.85. The van der Waals surface area contributed by atoms with E-state index >= 15 is 0 Å². The van der Waals surface area contributed by atoms with Crippen LogP contribution in [-0.2, 0) is 0 Å². The molecule has 1 aliphatic heterocycles. The molecule has 134 valence electrons. The monoisotopic (exact) mass is 369 g/mol. The van der Waals surface area contributed by atoms with Crippen LogP contribution >= 0.6 is 11.6 Å². The topological polar surface area (TPSA) is 62.1 Å². The SMILES string of the molecule is O=C(c1cc(-c2ccco2)[nH]n1)N1CCCCC(c2ccc(Cl)cc2)C1. The van der Waals surface area contributed by atoms with Crippen LogP contribution in [0.15, 0.2) is 53.1 Å². The van der Waals surface area contributed by atoms with Gasteiger partial charge in [-0.15, -0.1) is 0 Å². The summed E-state index contributed by atoms with van der Waals surface area (Å²) in [6.45, 7) is 1.45. The number of aromatic amines is 1. The fraction of sp³-hybridized carbons (Fsp3) is 0.300. The number of benzene rings is 1. The van der Waals surface area contributed by atoms with E-state index in [4.69, 9.17) is 16.0 Å². The maximum absolute atomic E-state index is 13.0. The molecule has 1 unspecified atom stereocenters. The second-order valence-electron chi connectivity index (χ2n) is 6.64. The van der Waals surface area contributed by atoms with Gasteiger partial charge in [0.05, 0.1) is 6.26 Å². The largest absolute Gasteiger partial charge is 0.463 e. The van der Waals surface area contributed by atoms with Crippen LogP contribution in [0.3, 0.4) is 0 Å². The summed E-state index contributed by atoms with van der Waals surface area (Å²) in [4.78, 5) is 14.9. The van der Waals surface area contributed by atoms with E-state index in [0.717, 1.165) is 30.8 Å². The van der Waals surface area contributed by atoms with E-state index in [1.54, 1.807) is 12.3 Å². The molecule has 6 heteroatoms. The minimum Gasteiger partial charge on any atom is -0.463 e. The van der Waals surface area contributed by atoms with Gasteiger partial charge in [-0.05, 0) is 42.7 Å². The second kappa shape index (κ2) is 7.38. The van der Waals surface area contributed by atoms with Crippen molar-refractivity contribution >= 4 is 17.5 Å². The number of hydrogen-bond donors (Lipinski definition) is 1. The maximum atomic E-state index is 13.0. The van der Waals surface area contributed by atoms with Gasteiger partial charge in [0.1, 0.15) is 5.69 Å². The van der Waals surface area contributed by atoms with Crippen LogP contribution in [0.2, 0.25) is 5.02 Å². The van der Waals surface area contributed by atoms with Gasteiger partial charge < -0.3 is 9.32 Å². The number of furan rings is 1. The fourth-order valence-electron chi connectivity index (χ4n) is 3.48. The molecule has 0 saturated carbocycles. The molecule has 1 atom stereocenters. The maximum Gasteiger partial charge on any atom is 0.274 e. The number of carbonyl (C=O) groups is 1. The van der Waals surface area contributed by atoms with Crippen LogP contribution in [0.25, 0.3) is 11.5 Å². The molecule has 0 bridgehead atoms. The predicted molar refractivity (Wildman–Crippen MR) is 100 cm³/mol. The Morgan fingerprint density at radius 3 is 2.85 bits per heavy atom. The van der Waals surface area contributed by atoms with Crippen molar-refractivity contribution in [3.8, 4) is 11.5 Å². The third kappa shape index (κ3) is 3.53. The molecule has 1 saturated heterocycles. The number of likely N-dealkylation sites (tertiary alicyclic amines) is 1. The molecule has 1 aliphatic rings. The summed E-state index contributed by atoms with van der Waals surface area (Å²) in [5.41, 5.74) is 2.36. The van der Waals surface area contributed by atoms with Crippen molar-refractivity contribution in [3.05, 3.63) is 65.0 Å². The average molecular weight is 370 g/mol. The fourth-order valence-corrected chi connectivity index (χ4v) is 3.61. The summed E-state index contributed by atoms with van der Waals surface area (Å²) >= 11 is 6.00. The van der Waals surface area contributed by atoms with Crippen molar-refractivity contribution in [2.45, 2.75) is 25.2 Å². The van der Waals surface area contributed by atoms with Crippen LogP contribution in [0, 0.1) is 0 Å². The molecule has 26 heavy (non-hydrogen) atoms. The van der Waals surface area contributed by atoms with Crippen LogP contribution in [-0.4, -0.2) is 34.1 Å². The smallest absolute Gasteiger partial charge is 0.274 e. The second-order valence-corrected chi connectivity index (χ2v) is 7.08. The molecule has 1 aromatic carbocycles. The van der Waals surface area contributed by atoms with Gasteiger partial charge in [-0.25, -0.2) is 0 Å². The first kappa shape index (κ1) is 16.9. The summed E-state index contributed by atoms with van der Waals surface area (Å²) in [5.74, 6) is 0.952. The zero-order valence-electron chi connectivity index (χ0n) is 14.3. The highest BCUT2D eigenvalue weighted by atomic mass is 35.5. The van der Waals surface area contributed by atoms with Gasteiger partial charge in [-0.3, -0.25) is 9.89 Å². The third-order valence-electron chi connectivity index (χ3n) is 4.88. The third-order valence-corrected chi connectivity index (χ3v) is 5.14. The lowest BCUT2D eigenvalue weighted by Crippen LogP contribution is -2.34. The molecular weight excluding hydrogens is 350 g/mol. The van der Waals surface area contributed by atoms with E-state index in [1.807, 2.05) is 29.2 Å². The Bertz CT molecular complexity index is 871. The van der Waals surface area contributed by atoms with Gasteiger partial charge in [0.2, 0.25) is 0 Å². The molecule has 0 aliphatic carbocycles. The molecule has 0 radical (unpaired) electrons. The minimum absolute atomic E-state index is 0.0417. The van der Waals surface area contributed by atoms with E-state index < -0.39 is 0 Å². The summed E-state index contributed by atoms with van der Waals surface area (Å²) in [5, 5.41) is 7.81. The van der Waals surface area contributed by atoms with Crippen LogP contribution in [0.4, 0.5) is 0 Å². The summed E-state index contributed by atoms with van der Waals surface area (Å²) < 4.78 is 5.36. The van der Waals surface area contributed by atoms with E-state index in [9.17, 15) is 4.79 Å². The van der Waals surface area contributed by atoms with E-state index in [-0.39, 0.29) is 5.91 Å². The zero-order valence-corrected chi connectivity index (χ0v) is 15.1. The molecule has 5 nitrogen and oxygen atoms in total. The van der Waals surface area contributed by atoms with Gasteiger partial charge in [0.15, 0.2) is 11.5 Å². The number of rotatable bonds is 3. The van der Waals surface area contributed by atoms with Crippen molar-refractivity contribution in [2.24, 2.45) is 0 Å². The Morgan fingerprint density at radius 1 is 1.23 bits per heavy atom. The number of halogens is 1. The number of H-pyrrole nitrogens is 1. The van der Waals surface area contributed by atoms with Crippen LogP contribution in [0.1, 0.15) is 41.2 Å². The molecule has 2 aromatic heterocycles. The summed E-state index contributed by atoms with van der Waals surface area (Å²) in [6.07, 6.45) is 4.79. The molecule has 3 aromatic rings. The quantitative estimate of drug-likeness (QED) is 0.725. The number of hydrogen-bond acceptors (Lipinski definition) is 3. The number of carbonyl (C=O) groups excluding carboxylic acids is 1. The molecule has 1 fully saturated rings. The normalized spacial score (nSPS) is 17.9. The van der Waals surface area contributed by atoms with Gasteiger partial charge in [-0.2, -0.15) is 5.10 Å². The van der Waals surface area contributed by atoms with E-state index in [2.05, 4.69) is 22.3 Å². The molecule has 3 heterocycles. The first-order chi connectivity index (χ1) is 12.7. The number of nitrogens with one attached hydrogen (secondary N) is 1. The van der Waals surface area contributed by atoms with Gasteiger partial charge in [0.25, 0.3) is 5.91 Å². The van der Waals surface area contributed by atoms with Crippen molar-refractivity contribution < 1.29 is 9.21 Å². The predicted octanol–water partition coefficient (Wildman–Crippen LogP) is 4.73. The number of aromatic nitrogens is 2. The van der Waals surface area contributed by atoms with Crippen LogP contribution in [0.5, 0.6) is 0 Å². The Morgan fingerprint density at radius 2 is 2.08 bits per heavy atom. The highest BCUT2D eigenvalue weighted by molar-refractivity contribution is 6.30. The van der Waals surface area contributed by atoms with Crippen molar-refractivity contribution in [1.29, 1.82) is 0 Å². The van der Waals surface area contributed by atoms with Crippen molar-refractivity contribution in [1.82, 2.24) is 15.1 Å². The Hall–Kier alpha value is -2.53. The van der Waals surface area contributed by atoms with E-state index in [1.165, 1.54) is 5.56 Å². The minimum atomic E-state index is -0.0417. The van der Waals surface area contributed by atoms with Gasteiger partial charge >= 0.3 is 0 Å². The van der Waals surface area contributed by atoms with E-state index in [0.29, 0.717) is 29.6 Å². The lowest BCUT2D eigenvalue weighted by atomic mass is 9.94. The lowest BCUT2D eigenvalue weighted by Gasteiger charge is -2.24. The number of amides is 1. The molecule has 1 N–H and O–H groups in total. The lowest BCUT2D eigenvalue weighted by molar-refractivity contribution is 0.0748. The van der Waals surface area contributed by atoms with Crippen molar-refractivity contribution in [3.63, 3.8) is 0 Å². The Balaban J connectivity index is 1.52.